The molecule has 144 valence electrons. The zero-order chi connectivity index (χ0) is 18.7. The SMILES string of the molecule is CCCS(=O)(=O)N1CCC[C@H]1C(=O)N(CC)Cc1ccc2c(c1)OCO2. The molecule has 0 spiro atoms. The maximum absolute atomic E-state index is 13.0. The van der Waals surface area contributed by atoms with Crippen molar-refractivity contribution >= 4 is 15.9 Å². The summed E-state index contributed by atoms with van der Waals surface area (Å²) >= 11 is 0. The van der Waals surface area contributed by atoms with Gasteiger partial charge in [-0.15, -0.1) is 0 Å². The topological polar surface area (TPSA) is 76.2 Å². The molecule has 0 bridgehead atoms. The van der Waals surface area contributed by atoms with Crippen LogP contribution in [0.2, 0.25) is 0 Å². The van der Waals surface area contributed by atoms with Crippen LogP contribution < -0.4 is 9.47 Å². The number of benzene rings is 1. The third-order valence-electron chi connectivity index (χ3n) is 4.81. The highest BCUT2D eigenvalue weighted by Gasteiger charge is 2.39. The van der Waals surface area contributed by atoms with Gasteiger partial charge in [-0.3, -0.25) is 4.79 Å². The van der Waals surface area contributed by atoms with Crippen LogP contribution in [0.4, 0.5) is 0 Å². The van der Waals surface area contributed by atoms with E-state index in [1.807, 2.05) is 32.0 Å². The molecule has 1 aromatic carbocycles. The van der Waals surface area contributed by atoms with Crippen molar-refractivity contribution in [3.8, 4) is 11.5 Å². The summed E-state index contributed by atoms with van der Waals surface area (Å²) in [7, 11) is -3.38. The lowest BCUT2D eigenvalue weighted by Crippen LogP contribution is -2.48. The maximum Gasteiger partial charge on any atom is 0.241 e. The molecule has 0 N–H and O–H groups in total. The molecule has 0 aromatic heterocycles. The summed E-state index contributed by atoms with van der Waals surface area (Å²) in [6.07, 6.45) is 1.86. The Labute approximate surface area is 154 Å². The zero-order valence-electron chi connectivity index (χ0n) is 15.3. The van der Waals surface area contributed by atoms with Gasteiger partial charge in [-0.25, -0.2) is 8.42 Å². The van der Waals surface area contributed by atoms with E-state index in [4.69, 9.17) is 9.47 Å². The van der Waals surface area contributed by atoms with Crippen LogP contribution in [0.3, 0.4) is 0 Å². The smallest absolute Gasteiger partial charge is 0.241 e. The van der Waals surface area contributed by atoms with Gasteiger partial charge in [0, 0.05) is 19.6 Å². The van der Waals surface area contributed by atoms with Gasteiger partial charge in [0.25, 0.3) is 0 Å². The highest BCUT2D eigenvalue weighted by Crippen LogP contribution is 2.33. The number of ether oxygens (including phenoxy) is 2. The molecule has 1 fully saturated rings. The molecule has 0 saturated carbocycles. The average Bonchev–Trinajstić information content (AvgIpc) is 3.27. The molecule has 0 radical (unpaired) electrons. The standard InChI is InChI=1S/C18H26N2O5S/c1-3-10-26(22,23)20-9-5-6-15(20)18(21)19(4-2)12-14-7-8-16-17(11-14)25-13-24-16/h7-8,11,15H,3-6,9-10,12-13H2,1-2H3/t15-/m0/s1. The van der Waals surface area contributed by atoms with Crippen molar-refractivity contribution in [2.75, 3.05) is 25.6 Å². The van der Waals surface area contributed by atoms with E-state index in [1.165, 1.54) is 4.31 Å². The predicted octanol–water partition coefficient (Wildman–Crippen LogP) is 1.97. The van der Waals surface area contributed by atoms with Gasteiger partial charge in [0.15, 0.2) is 11.5 Å². The molecule has 3 rings (SSSR count). The van der Waals surface area contributed by atoms with E-state index in [1.54, 1.807) is 4.90 Å². The Morgan fingerprint density at radius 3 is 2.77 bits per heavy atom. The predicted molar refractivity (Wildman–Crippen MR) is 97.5 cm³/mol. The van der Waals surface area contributed by atoms with Crippen molar-refractivity contribution in [1.82, 2.24) is 9.21 Å². The van der Waals surface area contributed by atoms with E-state index >= 15 is 0 Å². The van der Waals surface area contributed by atoms with Crippen molar-refractivity contribution in [3.63, 3.8) is 0 Å². The van der Waals surface area contributed by atoms with E-state index in [0.717, 1.165) is 12.0 Å². The van der Waals surface area contributed by atoms with Gasteiger partial charge in [-0.2, -0.15) is 4.31 Å². The minimum absolute atomic E-state index is 0.0884. The molecule has 1 amide bonds. The van der Waals surface area contributed by atoms with Crippen LogP contribution >= 0.6 is 0 Å². The van der Waals surface area contributed by atoms with Crippen molar-refractivity contribution < 1.29 is 22.7 Å². The molecule has 1 aromatic rings. The highest BCUT2D eigenvalue weighted by molar-refractivity contribution is 7.89. The van der Waals surface area contributed by atoms with Crippen LogP contribution in [0.1, 0.15) is 38.7 Å². The lowest BCUT2D eigenvalue weighted by atomic mass is 10.1. The number of carbonyl (C=O) groups is 1. The molecule has 1 atom stereocenters. The second-order valence-electron chi connectivity index (χ2n) is 6.62. The number of hydrogen-bond donors (Lipinski definition) is 0. The third-order valence-corrected chi connectivity index (χ3v) is 6.89. The molecule has 7 nitrogen and oxygen atoms in total. The molecule has 8 heteroatoms. The monoisotopic (exact) mass is 382 g/mol. The summed E-state index contributed by atoms with van der Waals surface area (Å²) in [5, 5.41) is 0. The van der Waals surface area contributed by atoms with Crippen molar-refractivity contribution in [3.05, 3.63) is 23.8 Å². The summed E-state index contributed by atoms with van der Waals surface area (Å²) in [6, 6.07) is 5.03. The first-order valence-corrected chi connectivity index (χ1v) is 10.7. The lowest BCUT2D eigenvalue weighted by molar-refractivity contribution is -0.135. The summed E-state index contributed by atoms with van der Waals surface area (Å²) in [6.45, 7) is 5.32. The molecule has 26 heavy (non-hydrogen) atoms. The Hall–Kier alpha value is -1.80. The molecule has 0 aliphatic carbocycles. The first-order valence-electron chi connectivity index (χ1n) is 9.13. The number of sulfonamides is 1. The zero-order valence-corrected chi connectivity index (χ0v) is 16.1. The maximum atomic E-state index is 13.0. The number of rotatable bonds is 7. The van der Waals surface area contributed by atoms with Crippen LogP contribution in [-0.4, -0.2) is 55.2 Å². The molecular formula is C18H26N2O5S. The molecule has 2 aliphatic rings. The van der Waals surface area contributed by atoms with Crippen molar-refractivity contribution in [2.45, 2.75) is 45.7 Å². The fraction of sp³-hybridized carbons (Fsp3) is 0.611. The Morgan fingerprint density at radius 1 is 1.27 bits per heavy atom. The molecule has 1 saturated heterocycles. The Bertz CT molecular complexity index is 765. The van der Waals surface area contributed by atoms with Gasteiger partial charge in [0.05, 0.1) is 5.75 Å². The van der Waals surface area contributed by atoms with E-state index in [-0.39, 0.29) is 18.5 Å². The fourth-order valence-electron chi connectivity index (χ4n) is 3.51. The Morgan fingerprint density at radius 2 is 2.04 bits per heavy atom. The van der Waals surface area contributed by atoms with E-state index in [9.17, 15) is 13.2 Å². The van der Waals surface area contributed by atoms with Gasteiger partial charge < -0.3 is 14.4 Å². The minimum atomic E-state index is -3.38. The molecule has 2 heterocycles. The fourth-order valence-corrected chi connectivity index (χ4v) is 5.25. The summed E-state index contributed by atoms with van der Waals surface area (Å²) in [4.78, 5) is 14.8. The van der Waals surface area contributed by atoms with Gasteiger partial charge in [-0.05, 0) is 43.9 Å². The average molecular weight is 382 g/mol. The van der Waals surface area contributed by atoms with Crippen molar-refractivity contribution in [2.24, 2.45) is 0 Å². The van der Waals surface area contributed by atoms with Crippen LogP contribution in [0.25, 0.3) is 0 Å². The largest absolute Gasteiger partial charge is 0.454 e. The second-order valence-corrected chi connectivity index (χ2v) is 8.67. The summed E-state index contributed by atoms with van der Waals surface area (Å²) in [5.41, 5.74) is 0.936. The summed E-state index contributed by atoms with van der Waals surface area (Å²) < 4.78 is 37.0. The Kier molecular flexibility index (Phi) is 5.72. The quantitative estimate of drug-likeness (QED) is 0.721. The number of carbonyl (C=O) groups excluding carboxylic acids is 1. The number of fused-ring (bicyclic) bond motifs is 1. The molecule has 2 aliphatic heterocycles. The second kappa shape index (κ2) is 7.84. The van der Waals surface area contributed by atoms with Crippen LogP contribution in [0.5, 0.6) is 11.5 Å². The van der Waals surface area contributed by atoms with E-state index < -0.39 is 16.1 Å². The lowest BCUT2D eigenvalue weighted by Gasteiger charge is -2.29. The van der Waals surface area contributed by atoms with Gasteiger partial charge in [0.1, 0.15) is 6.04 Å². The van der Waals surface area contributed by atoms with E-state index in [2.05, 4.69) is 0 Å². The van der Waals surface area contributed by atoms with Crippen LogP contribution in [-0.2, 0) is 21.4 Å². The number of likely N-dealkylation sites (N-methyl/N-ethyl adjacent to an activating group) is 1. The van der Waals surface area contributed by atoms with Gasteiger partial charge >= 0.3 is 0 Å². The minimum Gasteiger partial charge on any atom is -0.454 e. The molecule has 0 unspecified atom stereocenters. The first-order chi connectivity index (χ1) is 12.5. The van der Waals surface area contributed by atoms with Crippen LogP contribution in [0.15, 0.2) is 18.2 Å². The first kappa shape index (κ1) is 19.0. The number of amides is 1. The Balaban J connectivity index is 1.74. The number of nitrogens with zero attached hydrogens (tertiary/aromatic N) is 2. The normalized spacial score (nSPS) is 19.7. The van der Waals surface area contributed by atoms with Gasteiger partial charge in [0.2, 0.25) is 22.7 Å². The third kappa shape index (κ3) is 3.81. The number of hydrogen-bond acceptors (Lipinski definition) is 5. The molecular weight excluding hydrogens is 356 g/mol. The van der Waals surface area contributed by atoms with Crippen LogP contribution in [0, 0.1) is 0 Å². The van der Waals surface area contributed by atoms with Crippen molar-refractivity contribution in [1.29, 1.82) is 0 Å². The summed E-state index contributed by atoms with van der Waals surface area (Å²) in [5.74, 6) is 1.35. The van der Waals surface area contributed by atoms with E-state index in [0.29, 0.717) is 44.0 Å². The van der Waals surface area contributed by atoms with Gasteiger partial charge in [-0.1, -0.05) is 13.0 Å². The highest BCUT2D eigenvalue weighted by atomic mass is 32.2.